The topological polar surface area (TPSA) is 27.6 Å². The molecule has 17 heavy (non-hydrogen) atoms. The number of rotatable bonds is 2. The number of hydrogen-bond donors (Lipinski definition) is 1. The zero-order chi connectivity index (χ0) is 12.3. The van der Waals surface area contributed by atoms with E-state index in [-0.39, 0.29) is 0 Å². The second-order valence-corrected chi connectivity index (χ2v) is 5.57. The van der Waals surface area contributed by atoms with Gasteiger partial charge in [-0.15, -0.1) is 0 Å². The second kappa shape index (κ2) is 5.45. The molecule has 2 rings (SSSR count). The molecule has 1 aromatic rings. The third kappa shape index (κ3) is 3.40. The summed E-state index contributed by atoms with van der Waals surface area (Å²) in [6, 6.07) is 8.86. The van der Waals surface area contributed by atoms with Crippen LogP contribution in [0.3, 0.4) is 0 Å². The van der Waals surface area contributed by atoms with Crippen molar-refractivity contribution in [3.63, 3.8) is 0 Å². The lowest BCUT2D eigenvalue weighted by Gasteiger charge is -2.18. The van der Waals surface area contributed by atoms with E-state index in [2.05, 4.69) is 46.4 Å². The normalized spacial score (nSPS) is 19.7. The zero-order valence-corrected chi connectivity index (χ0v) is 11.4. The molecule has 0 saturated heterocycles. The van der Waals surface area contributed by atoms with Crippen LogP contribution in [0.5, 0.6) is 0 Å². The predicted octanol–water partition coefficient (Wildman–Crippen LogP) is 3.05. The Balaban J connectivity index is 2.04. The van der Waals surface area contributed by atoms with Crippen LogP contribution >= 0.6 is 11.8 Å². The molecule has 92 valence electrons. The first-order valence-electron chi connectivity index (χ1n) is 5.90. The summed E-state index contributed by atoms with van der Waals surface area (Å²) in [5.41, 5.74) is 2.32. The van der Waals surface area contributed by atoms with Crippen molar-refractivity contribution < 1.29 is 0 Å². The molecule has 0 spiro atoms. The maximum absolute atomic E-state index is 4.59. The van der Waals surface area contributed by atoms with Gasteiger partial charge in [-0.3, -0.25) is 4.99 Å². The zero-order valence-electron chi connectivity index (χ0n) is 10.6. The molecule has 0 aromatic heterocycles. The second-order valence-electron chi connectivity index (χ2n) is 4.49. The maximum atomic E-state index is 4.59. The van der Waals surface area contributed by atoms with Gasteiger partial charge in [0, 0.05) is 31.2 Å². The van der Waals surface area contributed by atoms with Crippen LogP contribution in [-0.4, -0.2) is 31.1 Å². The summed E-state index contributed by atoms with van der Waals surface area (Å²) in [4.78, 5) is 6.69. The van der Waals surface area contributed by atoms with Gasteiger partial charge >= 0.3 is 0 Å². The average molecular weight is 249 g/mol. The Morgan fingerprint density at radius 2 is 2.00 bits per heavy atom. The summed E-state index contributed by atoms with van der Waals surface area (Å²) in [5, 5.41) is 4.41. The summed E-state index contributed by atoms with van der Waals surface area (Å²) >= 11 is 1.80. The molecule has 0 fully saturated rings. The minimum atomic E-state index is 0.444. The predicted molar refractivity (Wildman–Crippen MR) is 78.4 cm³/mol. The van der Waals surface area contributed by atoms with Crippen LogP contribution in [-0.2, 0) is 0 Å². The minimum Gasteiger partial charge on any atom is -0.378 e. The van der Waals surface area contributed by atoms with Gasteiger partial charge in [-0.25, -0.2) is 0 Å². The monoisotopic (exact) mass is 249 g/mol. The van der Waals surface area contributed by atoms with Gasteiger partial charge in [0.25, 0.3) is 0 Å². The Hall–Kier alpha value is -1.16. The molecule has 0 saturated carbocycles. The minimum absolute atomic E-state index is 0.444. The van der Waals surface area contributed by atoms with E-state index in [1.807, 2.05) is 14.1 Å². The molecule has 1 aliphatic rings. The van der Waals surface area contributed by atoms with Crippen molar-refractivity contribution in [2.45, 2.75) is 19.4 Å². The Bertz CT molecular complexity index is 398. The van der Waals surface area contributed by atoms with E-state index in [9.17, 15) is 0 Å². The highest BCUT2D eigenvalue weighted by atomic mass is 32.2. The van der Waals surface area contributed by atoms with E-state index >= 15 is 0 Å². The number of aliphatic imine (C=N–C) groups is 1. The highest BCUT2D eigenvalue weighted by Gasteiger charge is 2.11. The van der Waals surface area contributed by atoms with Gasteiger partial charge in [-0.1, -0.05) is 11.8 Å². The van der Waals surface area contributed by atoms with Crippen molar-refractivity contribution in [1.82, 2.24) is 0 Å². The Morgan fingerprint density at radius 3 is 2.59 bits per heavy atom. The SMILES string of the molecule is CC1CCSC(Nc2ccc(N(C)C)cc2)=N1. The number of thioether (sulfide) groups is 1. The molecule has 1 aliphatic heterocycles. The van der Waals surface area contributed by atoms with E-state index in [0.717, 1.165) is 16.6 Å². The van der Waals surface area contributed by atoms with Gasteiger partial charge in [0.15, 0.2) is 5.17 Å². The van der Waals surface area contributed by atoms with Gasteiger partial charge in [0.1, 0.15) is 0 Å². The van der Waals surface area contributed by atoms with E-state index in [1.54, 1.807) is 11.8 Å². The van der Waals surface area contributed by atoms with Crippen LogP contribution < -0.4 is 10.2 Å². The van der Waals surface area contributed by atoms with Crippen LogP contribution in [0.25, 0.3) is 0 Å². The number of nitrogens with one attached hydrogen (secondary N) is 1. The molecule has 0 radical (unpaired) electrons. The first kappa shape index (κ1) is 12.3. The fourth-order valence-electron chi connectivity index (χ4n) is 1.66. The van der Waals surface area contributed by atoms with Crippen molar-refractivity contribution in [1.29, 1.82) is 0 Å². The maximum Gasteiger partial charge on any atom is 0.161 e. The van der Waals surface area contributed by atoms with Crippen molar-refractivity contribution in [2.75, 3.05) is 30.1 Å². The number of anilines is 2. The molecule has 1 unspecified atom stereocenters. The molecule has 0 amide bonds. The van der Waals surface area contributed by atoms with Gasteiger partial charge < -0.3 is 10.2 Å². The summed E-state index contributed by atoms with van der Waals surface area (Å²) in [7, 11) is 4.09. The summed E-state index contributed by atoms with van der Waals surface area (Å²) in [6.07, 6.45) is 1.18. The summed E-state index contributed by atoms with van der Waals surface area (Å²) in [6.45, 7) is 2.16. The summed E-state index contributed by atoms with van der Waals surface area (Å²) in [5.74, 6) is 1.16. The number of benzene rings is 1. The molecule has 1 N–H and O–H groups in total. The highest BCUT2D eigenvalue weighted by Crippen LogP contribution is 2.21. The van der Waals surface area contributed by atoms with Crippen molar-refractivity contribution in [2.24, 2.45) is 4.99 Å². The fourth-order valence-corrected chi connectivity index (χ4v) is 2.76. The van der Waals surface area contributed by atoms with Gasteiger partial charge in [-0.05, 0) is 37.6 Å². The third-order valence-corrected chi connectivity index (χ3v) is 3.67. The van der Waals surface area contributed by atoms with Crippen LogP contribution in [0.2, 0.25) is 0 Å². The lowest BCUT2D eigenvalue weighted by molar-refractivity contribution is 0.720. The number of hydrogen-bond acceptors (Lipinski definition) is 4. The molecule has 1 heterocycles. The first-order valence-corrected chi connectivity index (χ1v) is 6.89. The van der Waals surface area contributed by atoms with Crippen LogP contribution in [0.1, 0.15) is 13.3 Å². The molecule has 4 heteroatoms. The van der Waals surface area contributed by atoms with Gasteiger partial charge in [-0.2, -0.15) is 0 Å². The number of amidine groups is 1. The van der Waals surface area contributed by atoms with Crippen LogP contribution in [0, 0.1) is 0 Å². The molecule has 0 aliphatic carbocycles. The van der Waals surface area contributed by atoms with Crippen LogP contribution in [0.4, 0.5) is 11.4 Å². The molecule has 3 nitrogen and oxygen atoms in total. The molecular weight excluding hydrogens is 230 g/mol. The molecule has 1 aromatic carbocycles. The van der Waals surface area contributed by atoms with Crippen LogP contribution in [0.15, 0.2) is 29.3 Å². The average Bonchev–Trinajstić information content (AvgIpc) is 2.29. The van der Waals surface area contributed by atoms with Crippen molar-refractivity contribution in [3.8, 4) is 0 Å². The highest BCUT2D eigenvalue weighted by molar-refractivity contribution is 8.14. The first-order chi connectivity index (χ1) is 8.15. The van der Waals surface area contributed by atoms with E-state index in [0.29, 0.717) is 6.04 Å². The van der Waals surface area contributed by atoms with Gasteiger partial charge in [0.2, 0.25) is 0 Å². The Kier molecular flexibility index (Phi) is 3.94. The Labute approximate surface area is 107 Å². The van der Waals surface area contributed by atoms with Crippen molar-refractivity contribution in [3.05, 3.63) is 24.3 Å². The third-order valence-electron chi connectivity index (χ3n) is 2.75. The quantitative estimate of drug-likeness (QED) is 0.873. The fraction of sp³-hybridized carbons (Fsp3) is 0.462. The van der Waals surface area contributed by atoms with E-state index in [1.165, 1.54) is 12.1 Å². The molecule has 1 atom stereocenters. The van der Waals surface area contributed by atoms with Crippen molar-refractivity contribution >= 4 is 28.3 Å². The number of nitrogens with zero attached hydrogens (tertiary/aromatic N) is 2. The largest absolute Gasteiger partial charge is 0.378 e. The molecular formula is C13H19N3S. The van der Waals surface area contributed by atoms with Gasteiger partial charge in [0.05, 0.1) is 6.04 Å². The Morgan fingerprint density at radius 1 is 1.29 bits per heavy atom. The van der Waals surface area contributed by atoms with E-state index < -0.39 is 0 Å². The smallest absolute Gasteiger partial charge is 0.161 e. The lowest BCUT2D eigenvalue weighted by Crippen LogP contribution is -2.18. The standard InChI is InChI=1S/C13H19N3S/c1-10-8-9-17-13(14-10)15-11-4-6-12(7-5-11)16(2)3/h4-7,10H,8-9H2,1-3H3,(H,14,15). The van der Waals surface area contributed by atoms with E-state index in [4.69, 9.17) is 0 Å². The molecule has 0 bridgehead atoms. The lowest BCUT2D eigenvalue weighted by atomic mass is 10.2. The summed E-state index contributed by atoms with van der Waals surface area (Å²) < 4.78 is 0.